The second-order valence-electron chi connectivity index (χ2n) is 5.73. The highest BCUT2D eigenvalue weighted by Crippen LogP contribution is 2.10. The van der Waals surface area contributed by atoms with Gasteiger partial charge < -0.3 is 15.0 Å². The average Bonchev–Trinajstić information content (AvgIpc) is 3.20. The van der Waals surface area contributed by atoms with Crippen molar-refractivity contribution in [3.8, 4) is 11.9 Å². The number of aromatic nitrogens is 3. The molecule has 0 aliphatic rings. The minimum Gasteiger partial charge on any atom is -0.475 e. The number of H-pyrrole nitrogens is 1. The van der Waals surface area contributed by atoms with Crippen LogP contribution in [-0.2, 0) is 6.42 Å². The number of aromatic amines is 1. The van der Waals surface area contributed by atoms with E-state index >= 15 is 0 Å². The van der Waals surface area contributed by atoms with Gasteiger partial charge in [-0.2, -0.15) is 5.26 Å². The van der Waals surface area contributed by atoms with Crippen LogP contribution in [0.3, 0.4) is 0 Å². The largest absolute Gasteiger partial charge is 0.475 e. The number of nitrogens with one attached hydrogen (secondary N) is 2. The molecule has 7 nitrogen and oxygen atoms in total. The SMILES string of the molecule is N#Cc1ccc(OCC(Cc2ncc[nH]2)NC(=O)c2ccc(I)cc2)nc1. The lowest BCUT2D eigenvalue weighted by Crippen LogP contribution is -2.41. The molecular formula is C19H16IN5O2. The van der Waals surface area contributed by atoms with E-state index in [1.165, 1.54) is 6.20 Å². The van der Waals surface area contributed by atoms with Crippen LogP contribution in [-0.4, -0.2) is 33.5 Å². The zero-order valence-electron chi connectivity index (χ0n) is 14.2. The number of halogens is 1. The number of carbonyl (C=O) groups is 1. The van der Waals surface area contributed by atoms with E-state index in [-0.39, 0.29) is 18.6 Å². The summed E-state index contributed by atoms with van der Waals surface area (Å²) >= 11 is 2.19. The van der Waals surface area contributed by atoms with E-state index in [4.69, 9.17) is 10.00 Å². The highest BCUT2D eigenvalue weighted by Gasteiger charge is 2.17. The molecule has 1 amide bonds. The van der Waals surface area contributed by atoms with E-state index in [0.29, 0.717) is 23.4 Å². The molecular weight excluding hydrogens is 457 g/mol. The van der Waals surface area contributed by atoms with Gasteiger partial charge in [-0.05, 0) is 52.9 Å². The Morgan fingerprint density at radius 1 is 1.26 bits per heavy atom. The number of pyridine rings is 1. The number of hydrogen-bond donors (Lipinski definition) is 2. The highest BCUT2D eigenvalue weighted by atomic mass is 127. The highest BCUT2D eigenvalue weighted by molar-refractivity contribution is 14.1. The van der Waals surface area contributed by atoms with Crippen molar-refractivity contribution in [3.63, 3.8) is 0 Å². The topological polar surface area (TPSA) is 104 Å². The Bertz CT molecular complexity index is 918. The fraction of sp³-hybridized carbons (Fsp3) is 0.158. The number of nitriles is 1. The van der Waals surface area contributed by atoms with Crippen LogP contribution in [0.4, 0.5) is 0 Å². The first-order valence-electron chi connectivity index (χ1n) is 8.17. The van der Waals surface area contributed by atoms with Crippen molar-refractivity contribution in [1.82, 2.24) is 20.3 Å². The van der Waals surface area contributed by atoms with Gasteiger partial charge in [0.25, 0.3) is 5.91 Å². The number of benzene rings is 1. The molecule has 0 aliphatic heterocycles. The van der Waals surface area contributed by atoms with Gasteiger partial charge in [0.05, 0.1) is 11.6 Å². The molecule has 1 atom stereocenters. The van der Waals surface area contributed by atoms with Gasteiger partial charge >= 0.3 is 0 Å². The third-order valence-electron chi connectivity index (χ3n) is 3.73. The molecule has 0 aliphatic carbocycles. The van der Waals surface area contributed by atoms with Crippen molar-refractivity contribution >= 4 is 28.5 Å². The van der Waals surface area contributed by atoms with Gasteiger partial charge in [-0.3, -0.25) is 4.79 Å². The first-order valence-corrected chi connectivity index (χ1v) is 9.25. The molecule has 27 heavy (non-hydrogen) atoms. The van der Waals surface area contributed by atoms with Crippen LogP contribution in [0.5, 0.6) is 5.88 Å². The molecule has 2 aromatic heterocycles. The van der Waals surface area contributed by atoms with Gasteiger partial charge in [0.2, 0.25) is 5.88 Å². The Balaban J connectivity index is 1.67. The van der Waals surface area contributed by atoms with E-state index in [1.54, 1.807) is 36.7 Å². The Labute approximate surface area is 169 Å². The van der Waals surface area contributed by atoms with Gasteiger partial charge in [0.15, 0.2) is 0 Å². The number of amides is 1. The summed E-state index contributed by atoms with van der Waals surface area (Å²) in [5.41, 5.74) is 1.04. The quantitative estimate of drug-likeness (QED) is 0.514. The normalized spacial score (nSPS) is 11.4. The molecule has 2 heterocycles. The lowest BCUT2D eigenvalue weighted by Gasteiger charge is -2.18. The summed E-state index contributed by atoms with van der Waals surface area (Å²) in [6.07, 6.45) is 5.33. The van der Waals surface area contributed by atoms with Gasteiger partial charge in [0, 0.05) is 40.2 Å². The van der Waals surface area contributed by atoms with Crippen molar-refractivity contribution < 1.29 is 9.53 Å². The van der Waals surface area contributed by atoms with Gasteiger partial charge in [0.1, 0.15) is 18.5 Å². The van der Waals surface area contributed by atoms with E-state index in [9.17, 15) is 4.79 Å². The van der Waals surface area contributed by atoms with E-state index in [2.05, 4.69) is 42.9 Å². The number of rotatable bonds is 7. The van der Waals surface area contributed by atoms with Crippen molar-refractivity contribution in [2.24, 2.45) is 0 Å². The van der Waals surface area contributed by atoms with Gasteiger partial charge in [-0.15, -0.1) is 0 Å². The second-order valence-corrected chi connectivity index (χ2v) is 6.97. The maximum absolute atomic E-state index is 12.5. The molecule has 0 spiro atoms. The fourth-order valence-corrected chi connectivity index (χ4v) is 2.74. The smallest absolute Gasteiger partial charge is 0.251 e. The maximum atomic E-state index is 12.5. The summed E-state index contributed by atoms with van der Waals surface area (Å²) in [5, 5.41) is 11.8. The Morgan fingerprint density at radius 3 is 2.70 bits per heavy atom. The predicted molar refractivity (Wildman–Crippen MR) is 107 cm³/mol. The summed E-state index contributed by atoms with van der Waals surface area (Å²) in [4.78, 5) is 23.9. The average molecular weight is 473 g/mol. The van der Waals surface area contributed by atoms with Crippen molar-refractivity contribution in [1.29, 1.82) is 5.26 Å². The van der Waals surface area contributed by atoms with Crippen molar-refractivity contribution in [2.75, 3.05) is 6.61 Å². The maximum Gasteiger partial charge on any atom is 0.251 e. The molecule has 3 aromatic rings. The zero-order valence-corrected chi connectivity index (χ0v) is 16.4. The number of carbonyl (C=O) groups excluding carboxylic acids is 1. The number of hydrogen-bond acceptors (Lipinski definition) is 5. The molecule has 0 fully saturated rings. The second kappa shape index (κ2) is 9.14. The molecule has 2 N–H and O–H groups in total. The van der Waals surface area contributed by atoms with Crippen LogP contribution >= 0.6 is 22.6 Å². The lowest BCUT2D eigenvalue weighted by molar-refractivity contribution is 0.0920. The van der Waals surface area contributed by atoms with Crippen LogP contribution in [0.25, 0.3) is 0 Å². The molecule has 8 heteroatoms. The minimum atomic E-state index is -0.305. The molecule has 0 saturated heterocycles. The lowest BCUT2D eigenvalue weighted by atomic mass is 10.1. The molecule has 0 bridgehead atoms. The number of imidazole rings is 1. The Morgan fingerprint density at radius 2 is 2.07 bits per heavy atom. The Hall–Kier alpha value is -2.93. The van der Waals surface area contributed by atoms with Gasteiger partial charge in [-0.25, -0.2) is 9.97 Å². The molecule has 136 valence electrons. The standard InChI is InChI=1S/C19H16IN5O2/c20-15-4-2-14(3-5-15)19(26)25-16(9-17-22-7-8-23-17)12-27-18-6-1-13(10-21)11-24-18/h1-8,11,16H,9,12H2,(H,22,23)(H,25,26). The van der Waals surface area contributed by atoms with E-state index in [0.717, 1.165) is 9.39 Å². The van der Waals surface area contributed by atoms with E-state index < -0.39 is 0 Å². The van der Waals surface area contributed by atoms with Crippen molar-refractivity contribution in [2.45, 2.75) is 12.5 Å². The Kier molecular flexibility index (Phi) is 6.38. The molecule has 1 aromatic carbocycles. The van der Waals surface area contributed by atoms with Gasteiger partial charge in [-0.1, -0.05) is 0 Å². The fourth-order valence-electron chi connectivity index (χ4n) is 2.38. The summed E-state index contributed by atoms with van der Waals surface area (Å²) in [5.74, 6) is 0.959. The predicted octanol–water partition coefficient (Wildman–Crippen LogP) is 2.70. The van der Waals surface area contributed by atoms with Crippen molar-refractivity contribution in [3.05, 3.63) is 75.5 Å². The van der Waals surface area contributed by atoms with Crippen LogP contribution in [0.15, 0.2) is 55.0 Å². The third-order valence-corrected chi connectivity index (χ3v) is 4.45. The molecule has 0 saturated carbocycles. The monoisotopic (exact) mass is 473 g/mol. The first kappa shape index (κ1) is 18.8. The molecule has 3 rings (SSSR count). The number of nitrogens with zero attached hydrogens (tertiary/aromatic N) is 3. The van der Waals surface area contributed by atoms with Crippen LogP contribution in [0, 0.1) is 14.9 Å². The third kappa shape index (κ3) is 5.52. The summed E-state index contributed by atoms with van der Waals surface area (Å²) in [6, 6.07) is 12.3. The van der Waals surface area contributed by atoms with E-state index in [1.807, 2.05) is 18.2 Å². The first-order chi connectivity index (χ1) is 13.1. The number of ether oxygens (including phenoxy) is 1. The van der Waals surface area contributed by atoms with Crippen LogP contribution < -0.4 is 10.1 Å². The minimum absolute atomic E-state index is 0.181. The molecule has 0 radical (unpaired) electrons. The summed E-state index contributed by atoms with van der Waals surface area (Å²) < 4.78 is 6.76. The summed E-state index contributed by atoms with van der Waals surface area (Å²) in [7, 11) is 0. The van der Waals surface area contributed by atoms with Crippen LogP contribution in [0.1, 0.15) is 21.7 Å². The summed E-state index contributed by atoms with van der Waals surface area (Å²) in [6.45, 7) is 0.218. The van der Waals surface area contributed by atoms with Crippen LogP contribution in [0.2, 0.25) is 0 Å². The zero-order chi connectivity index (χ0) is 19.1. The molecule has 1 unspecified atom stereocenters.